The second kappa shape index (κ2) is 6.78. The number of rotatable bonds is 4. The average molecular weight is 292 g/mol. The molecule has 0 spiro atoms. The van der Waals surface area contributed by atoms with Crippen molar-refractivity contribution >= 4 is 11.9 Å². The number of carbonyl (C=O) groups excluding carboxylic acids is 2. The quantitative estimate of drug-likeness (QED) is 0.868. The van der Waals surface area contributed by atoms with Crippen molar-refractivity contribution in [3.8, 4) is 0 Å². The zero-order valence-electron chi connectivity index (χ0n) is 13.0. The lowest BCUT2D eigenvalue weighted by atomic mass is 9.86. The fourth-order valence-electron chi connectivity index (χ4n) is 2.94. The number of aromatic nitrogens is 1. The second-order valence-electron chi connectivity index (χ2n) is 5.94. The van der Waals surface area contributed by atoms with Gasteiger partial charge in [-0.1, -0.05) is 0 Å². The highest BCUT2D eigenvalue weighted by atomic mass is 16.5. The Hall–Kier alpha value is -1.78. The third-order valence-electron chi connectivity index (χ3n) is 4.16. The van der Waals surface area contributed by atoms with Crippen molar-refractivity contribution in [3.05, 3.63) is 24.0 Å². The highest BCUT2D eigenvalue weighted by molar-refractivity contribution is 5.93. The monoisotopic (exact) mass is 292 g/mol. The summed E-state index contributed by atoms with van der Waals surface area (Å²) in [6, 6.07) is 4.14. The molecule has 5 nitrogen and oxygen atoms in total. The lowest BCUT2D eigenvalue weighted by Gasteiger charge is -2.27. The third-order valence-corrected chi connectivity index (χ3v) is 4.16. The van der Waals surface area contributed by atoms with E-state index in [1.165, 1.54) is 7.11 Å². The van der Waals surface area contributed by atoms with Crippen LogP contribution in [0.1, 0.15) is 56.1 Å². The van der Waals surface area contributed by atoms with E-state index in [1.807, 2.05) is 22.9 Å². The summed E-state index contributed by atoms with van der Waals surface area (Å²) in [5.41, 5.74) is 0.695. The van der Waals surface area contributed by atoms with E-state index in [0.29, 0.717) is 5.69 Å². The first-order valence-electron chi connectivity index (χ1n) is 7.58. The van der Waals surface area contributed by atoms with Gasteiger partial charge in [-0.15, -0.1) is 0 Å². The van der Waals surface area contributed by atoms with Gasteiger partial charge in [-0.05, 0) is 51.7 Å². The lowest BCUT2D eigenvalue weighted by molar-refractivity contribution is -0.146. The van der Waals surface area contributed by atoms with Crippen molar-refractivity contribution in [1.29, 1.82) is 0 Å². The molecular formula is C16H24N2O3. The molecule has 1 fully saturated rings. The van der Waals surface area contributed by atoms with Crippen LogP contribution in [-0.4, -0.2) is 29.6 Å². The Bertz CT molecular complexity index is 499. The molecule has 1 aliphatic carbocycles. The zero-order valence-corrected chi connectivity index (χ0v) is 13.0. The molecule has 1 N–H and O–H groups in total. The number of esters is 1. The molecule has 1 amide bonds. The number of methoxy groups -OCH3 is 1. The molecule has 1 aliphatic rings. The van der Waals surface area contributed by atoms with Crippen molar-refractivity contribution in [2.24, 2.45) is 5.92 Å². The Morgan fingerprint density at radius 3 is 2.52 bits per heavy atom. The normalized spacial score (nSPS) is 22.1. The van der Waals surface area contributed by atoms with Crippen molar-refractivity contribution in [1.82, 2.24) is 9.88 Å². The van der Waals surface area contributed by atoms with Gasteiger partial charge in [0.1, 0.15) is 5.69 Å². The second-order valence-corrected chi connectivity index (χ2v) is 5.94. The van der Waals surface area contributed by atoms with Gasteiger partial charge in [-0.2, -0.15) is 0 Å². The first kappa shape index (κ1) is 15.6. The minimum absolute atomic E-state index is 0.0114. The predicted octanol–water partition coefficient (Wildman–Crippen LogP) is 2.53. The fourth-order valence-corrected chi connectivity index (χ4v) is 2.94. The number of carbonyl (C=O) groups is 2. The van der Waals surface area contributed by atoms with E-state index in [4.69, 9.17) is 4.74 Å². The number of amides is 1. The molecule has 0 aromatic carbocycles. The summed E-state index contributed by atoms with van der Waals surface area (Å²) in [7, 11) is 1.43. The van der Waals surface area contributed by atoms with Crippen LogP contribution in [0, 0.1) is 5.92 Å². The molecule has 0 unspecified atom stereocenters. The van der Waals surface area contributed by atoms with E-state index in [-0.39, 0.29) is 29.9 Å². The van der Waals surface area contributed by atoms with E-state index in [1.54, 1.807) is 0 Å². The van der Waals surface area contributed by atoms with Crippen LogP contribution in [0.5, 0.6) is 0 Å². The Morgan fingerprint density at radius 2 is 1.95 bits per heavy atom. The third kappa shape index (κ3) is 3.65. The van der Waals surface area contributed by atoms with Crippen LogP contribution in [0.25, 0.3) is 0 Å². The molecule has 0 bridgehead atoms. The van der Waals surface area contributed by atoms with E-state index in [9.17, 15) is 9.59 Å². The molecule has 1 aromatic heterocycles. The molecule has 1 heterocycles. The first-order chi connectivity index (χ1) is 10.0. The van der Waals surface area contributed by atoms with Crippen molar-refractivity contribution in [2.45, 2.75) is 51.6 Å². The molecule has 0 radical (unpaired) electrons. The van der Waals surface area contributed by atoms with Crippen LogP contribution in [0.4, 0.5) is 0 Å². The molecule has 0 aliphatic heterocycles. The van der Waals surface area contributed by atoms with Gasteiger partial charge in [-0.25, -0.2) is 0 Å². The van der Waals surface area contributed by atoms with Gasteiger partial charge in [0.15, 0.2) is 0 Å². The van der Waals surface area contributed by atoms with Crippen LogP contribution in [-0.2, 0) is 9.53 Å². The minimum Gasteiger partial charge on any atom is -0.469 e. The van der Waals surface area contributed by atoms with Gasteiger partial charge in [0, 0.05) is 18.3 Å². The maximum absolute atomic E-state index is 12.3. The number of hydrogen-bond donors (Lipinski definition) is 1. The Morgan fingerprint density at radius 1 is 1.29 bits per heavy atom. The maximum Gasteiger partial charge on any atom is 0.308 e. The topological polar surface area (TPSA) is 60.3 Å². The zero-order chi connectivity index (χ0) is 15.4. The standard InChI is InChI=1S/C16H24N2O3/c1-11(2)18-10-4-5-14(18)15(19)17-13-8-6-12(7-9-13)16(20)21-3/h4-5,10-13H,6-9H2,1-3H3,(H,17,19). The Labute approximate surface area is 125 Å². The van der Waals surface area contributed by atoms with Crippen molar-refractivity contribution in [3.63, 3.8) is 0 Å². The highest BCUT2D eigenvalue weighted by Crippen LogP contribution is 2.25. The summed E-state index contributed by atoms with van der Waals surface area (Å²) in [4.78, 5) is 23.8. The summed E-state index contributed by atoms with van der Waals surface area (Å²) in [5.74, 6) is -0.175. The number of nitrogens with zero attached hydrogens (tertiary/aromatic N) is 1. The summed E-state index contributed by atoms with van der Waals surface area (Å²) in [6.07, 6.45) is 5.14. The van der Waals surface area contributed by atoms with Crippen LogP contribution >= 0.6 is 0 Å². The van der Waals surface area contributed by atoms with Crippen LogP contribution in [0.15, 0.2) is 18.3 Å². The smallest absolute Gasteiger partial charge is 0.308 e. The molecule has 1 saturated carbocycles. The number of hydrogen-bond acceptors (Lipinski definition) is 3. The molecule has 116 valence electrons. The molecule has 0 atom stereocenters. The highest BCUT2D eigenvalue weighted by Gasteiger charge is 2.28. The first-order valence-corrected chi connectivity index (χ1v) is 7.58. The van der Waals surface area contributed by atoms with E-state index < -0.39 is 0 Å². The number of ether oxygens (including phenoxy) is 1. The predicted molar refractivity (Wildman–Crippen MR) is 80.0 cm³/mol. The molecular weight excluding hydrogens is 268 g/mol. The van der Waals surface area contributed by atoms with Gasteiger partial charge >= 0.3 is 5.97 Å². The van der Waals surface area contributed by atoms with E-state index in [0.717, 1.165) is 25.7 Å². The average Bonchev–Trinajstić information content (AvgIpc) is 2.97. The number of nitrogens with one attached hydrogen (secondary N) is 1. The molecule has 21 heavy (non-hydrogen) atoms. The van der Waals surface area contributed by atoms with Gasteiger partial charge in [0.2, 0.25) is 0 Å². The van der Waals surface area contributed by atoms with Crippen molar-refractivity contribution < 1.29 is 14.3 Å². The van der Waals surface area contributed by atoms with Gasteiger partial charge in [-0.3, -0.25) is 9.59 Å². The van der Waals surface area contributed by atoms with Gasteiger partial charge in [0.25, 0.3) is 5.91 Å². The molecule has 5 heteroatoms. The summed E-state index contributed by atoms with van der Waals surface area (Å²) in [5, 5.41) is 3.08. The molecule has 1 aromatic rings. The maximum atomic E-state index is 12.3. The molecule has 2 rings (SSSR count). The van der Waals surface area contributed by atoms with Gasteiger partial charge < -0.3 is 14.6 Å². The van der Waals surface area contributed by atoms with Gasteiger partial charge in [0.05, 0.1) is 13.0 Å². The lowest BCUT2D eigenvalue weighted by Crippen LogP contribution is -2.39. The summed E-state index contributed by atoms with van der Waals surface area (Å²) < 4.78 is 6.75. The van der Waals surface area contributed by atoms with Crippen molar-refractivity contribution in [2.75, 3.05) is 7.11 Å². The minimum atomic E-state index is -0.131. The molecule has 0 saturated heterocycles. The van der Waals surface area contributed by atoms with E-state index in [2.05, 4.69) is 19.2 Å². The fraction of sp³-hybridized carbons (Fsp3) is 0.625. The Kier molecular flexibility index (Phi) is 5.04. The largest absolute Gasteiger partial charge is 0.469 e. The Balaban J connectivity index is 1.90. The van der Waals surface area contributed by atoms with E-state index >= 15 is 0 Å². The summed E-state index contributed by atoms with van der Waals surface area (Å²) in [6.45, 7) is 4.11. The van der Waals surface area contributed by atoms with Crippen LogP contribution < -0.4 is 5.32 Å². The summed E-state index contributed by atoms with van der Waals surface area (Å²) >= 11 is 0. The van der Waals surface area contributed by atoms with Crippen LogP contribution in [0.3, 0.4) is 0 Å². The SMILES string of the molecule is COC(=O)C1CCC(NC(=O)c2cccn2C(C)C)CC1. The van der Waals surface area contributed by atoms with Crippen LogP contribution in [0.2, 0.25) is 0 Å².